The van der Waals surface area contributed by atoms with Gasteiger partial charge in [0, 0.05) is 0 Å². The monoisotopic (exact) mass is 278 g/mol. The van der Waals surface area contributed by atoms with Crippen LogP contribution in [0, 0.1) is 0 Å². The molecule has 18 heavy (non-hydrogen) atoms. The number of aliphatic hydroxyl groups is 1. The van der Waals surface area contributed by atoms with Gasteiger partial charge in [-0.05, 0) is 12.1 Å². The second-order valence-electron chi connectivity index (χ2n) is 3.30. The molecule has 9 heteroatoms. The van der Waals surface area contributed by atoms with Crippen LogP contribution in [0.1, 0.15) is 11.5 Å². The van der Waals surface area contributed by atoms with Gasteiger partial charge in [0.25, 0.3) is 0 Å². The average Bonchev–Trinajstić information content (AvgIpc) is 2.61. The molecule has 1 aromatic rings. The maximum Gasteiger partial charge on any atom is 0.423 e. The molecule has 0 saturated heterocycles. The van der Waals surface area contributed by atoms with Gasteiger partial charge in [0.2, 0.25) is 6.10 Å². The summed E-state index contributed by atoms with van der Waals surface area (Å²) < 4.78 is 80.9. The molecular weight excluding hydrogens is 270 g/mol. The summed E-state index contributed by atoms with van der Waals surface area (Å²) in [4.78, 5) is 0. The third-order valence-corrected chi connectivity index (χ3v) is 1.86. The van der Waals surface area contributed by atoms with Gasteiger partial charge in [-0.2, -0.15) is 26.3 Å². The normalized spacial score (nSPS) is 13.3. The van der Waals surface area contributed by atoms with E-state index < -0.39 is 31.7 Å². The van der Waals surface area contributed by atoms with Crippen LogP contribution in [0.4, 0.5) is 26.3 Å². The molecule has 0 aliphatic carbocycles. The maximum atomic E-state index is 12.1. The van der Waals surface area contributed by atoms with Crippen LogP contribution in [0.3, 0.4) is 0 Å². The molecule has 0 fully saturated rings. The summed E-state index contributed by atoms with van der Waals surface area (Å²) in [6.45, 7) is -1.51. The van der Waals surface area contributed by atoms with E-state index in [1.807, 2.05) is 0 Å². The van der Waals surface area contributed by atoms with Gasteiger partial charge in [0.15, 0.2) is 0 Å². The first kappa shape index (κ1) is 14.8. The molecule has 1 aromatic heterocycles. The van der Waals surface area contributed by atoms with Crippen molar-refractivity contribution >= 4 is 0 Å². The Balaban J connectivity index is 2.68. The van der Waals surface area contributed by atoms with Gasteiger partial charge in [-0.1, -0.05) is 0 Å². The number of furan rings is 1. The quantitative estimate of drug-likeness (QED) is 0.861. The first-order chi connectivity index (χ1) is 8.14. The van der Waals surface area contributed by atoms with Crippen molar-refractivity contribution in [3.05, 3.63) is 23.7 Å². The molecule has 104 valence electrons. The number of halogens is 6. The zero-order valence-electron chi connectivity index (χ0n) is 8.68. The summed E-state index contributed by atoms with van der Waals surface area (Å²) in [5.74, 6) is -0.221. The third-order valence-electron chi connectivity index (χ3n) is 1.86. The summed E-state index contributed by atoms with van der Waals surface area (Å²) in [6.07, 6.45) is -15.0. The molecule has 0 aliphatic heterocycles. The van der Waals surface area contributed by atoms with E-state index in [0.29, 0.717) is 0 Å². The second-order valence-corrected chi connectivity index (χ2v) is 3.30. The Kier molecular flexibility index (Phi) is 4.28. The molecule has 0 spiro atoms. The Morgan fingerprint density at radius 1 is 1.06 bits per heavy atom. The summed E-state index contributed by atoms with van der Waals surface area (Å²) in [5.41, 5.74) is 0. The summed E-state index contributed by atoms with van der Waals surface area (Å²) in [5, 5.41) is 8.59. The SMILES string of the molecule is OCc1ccc(COC(C(F)(F)F)C(F)(F)F)o1. The van der Waals surface area contributed by atoms with Gasteiger partial charge in [-0.25, -0.2) is 0 Å². The van der Waals surface area contributed by atoms with Crippen molar-refractivity contribution in [2.45, 2.75) is 31.7 Å². The van der Waals surface area contributed by atoms with Crippen LogP contribution in [-0.2, 0) is 18.0 Å². The topological polar surface area (TPSA) is 42.6 Å². The van der Waals surface area contributed by atoms with Gasteiger partial charge < -0.3 is 14.3 Å². The fraction of sp³-hybridized carbons (Fsp3) is 0.556. The zero-order chi connectivity index (χ0) is 14.0. The molecule has 1 heterocycles. The highest BCUT2D eigenvalue weighted by molar-refractivity contribution is 5.05. The van der Waals surface area contributed by atoms with Crippen LogP contribution in [0.2, 0.25) is 0 Å². The first-order valence-corrected chi connectivity index (χ1v) is 4.58. The Hall–Kier alpha value is -1.22. The number of ether oxygens (including phenoxy) is 1. The molecule has 0 unspecified atom stereocenters. The lowest BCUT2D eigenvalue weighted by Gasteiger charge is -2.22. The lowest BCUT2D eigenvalue weighted by molar-refractivity contribution is -0.325. The number of rotatable bonds is 4. The van der Waals surface area contributed by atoms with Crippen LogP contribution in [0.25, 0.3) is 0 Å². The van der Waals surface area contributed by atoms with E-state index >= 15 is 0 Å². The largest absolute Gasteiger partial charge is 0.461 e. The molecule has 1 rings (SSSR count). The van der Waals surface area contributed by atoms with Crippen LogP contribution in [-0.4, -0.2) is 23.6 Å². The molecule has 0 amide bonds. The Bertz CT molecular complexity index is 366. The number of alkyl halides is 6. The summed E-state index contributed by atoms with van der Waals surface area (Å²) in [6, 6.07) is 2.34. The minimum absolute atomic E-state index is 0.0177. The van der Waals surface area contributed by atoms with Gasteiger partial charge in [-0.15, -0.1) is 0 Å². The molecule has 0 saturated carbocycles. The van der Waals surface area contributed by atoms with E-state index in [1.54, 1.807) is 0 Å². The molecule has 0 atom stereocenters. The van der Waals surface area contributed by atoms with Crippen LogP contribution < -0.4 is 0 Å². The Morgan fingerprint density at radius 2 is 1.56 bits per heavy atom. The van der Waals surface area contributed by atoms with Crippen LogP contribution >= 0.6 is 0 Å². The van der Waals surface area contributed by atoms with Crippen molar-refractivity contribution < 1.29 is 40.6 Å². The van der Waals surface area contributed by atoms with E-state index in [9.17, 15) is 26.3 Å². The molecule has 3 nitrogen and oxygen atoms in total. The zero-order valence-corrected chi connectivity index (χ0v) is 8.68. The van der Waals surface area contributed by atoms with Crippen molar-refractivity contribution in [1.82, 2.24) is 0 Å². The van der Waals surface area contributed by atoms with Crippen molar-refractivity contribution in [3.8, 4) is 0 Å². The second kappa shape index (κ2) is 5.19. The van der Waals surface area contributed by atoms with E-state index in [-0.39, 0.29) is 11.5 Å². The summed E-state index contributed by atoms with van der Waals surface area (Å²) >= 11 is 0. The van der Waals surface area contributed by atoms with Crippen molar-refractivity contribution in [2.24, 2.45) is 0 Å². The number of hydrogen-bond donors (Lipinski definition) is 1. The maximum absolute atomic E-state index is 12.1. The molecule has 0 aromatic carbocycles. The summed E-state index contributed by atoms with van der Waals surface area (Å²) in [7, 11) is 0. The van der Waals surface area contributed by atoms with Crippen molar-refractivity contribution in [2.75, 3.05) is 0 Å². The predicted molar refractivity (Wildman–Crippen MR) is 45.3 cm³/mol. The molecule has 0 bridgehead atoms. The lowest BCUT2D eigenvalue weighted by atomic mass is 10.3. The molecule has 0 aliphatic rings. The van der Waals surface area contributed by atoms with Gasteiger partial charge in [0.05, 0.1) is 0 Å². The molecular formula is C9H8F6O3. The lowest BCUT2D eigenvalue weighted by Crippen LogP contribution is -2.44. The third kappa shape index (κ3) is 3.91. The van der Waals surface area contributed by atoms with E-state index in [4.69, 9.17) is 9.52 Å². The fourth-order valence-corrected chi connectivity index (χ4v) is 1.12. The van der Waals surface area contributed by atoms with Crippen molar-refractivity contribution in [1.29, 1.82) is 0 Å². The Morgan fingerprint density at radius 3 is 1.94 bits per heavy atom. The highest BCUT2D eigenvalue weighted by Gasteiger charge is 2.58. The fourth-order valence-electron chi connectivity index (χ4n) is 1.12. The molecule has 1 N–H and O–H groups in total. The first-order valence-electron chi connectivity index (χ1n) is 4.58. The van der Waals surface area contributed by atoms with Gasteiger partial charge in [0.1, 0.15) is 24.7 Å². The van der Waals surface area contributed by atoms with E-state index in [2.05, 4.69) is 4.74 Å². The standard InChI is InChI=1S/C9H8F6O3/c10-8(11,12)7(9(13,14)15)17-4-6-2-1-5(3-16)18-6/h1-2,7,16H,3-4H2. The highest BCUT2D eigenvalue weighted by atomic mass is 19.4. The minimum atomic E-state index is -5.55. The van der Waals surface area contributed by atoms with Crippen molar-refractivity contribution in [3.63, 3.8) is 0 Å². The number of aliphatic hydroxyl groups excluding tert-OH is 1. The highest BCUT2D eigenvalue weighted by Crippen LogP contribution is 2.36. The van der Waals surface area contributed by atoms with Crippen LogP contribution in [0.5, 0.6) is 0 Å². The van der Waals surface area contributed by atoms with Gasteiger partial charge >= 0.3 is 12.4 Å². The predicted octanol–water partition coefficient (Wildman–Crippen LogP) is 2.78. The average molecular weight is 278 g/mol. The van der Waals surface area contributed by atoms with E-state index in [0.717, 1.165) is 6.07 Å². The Labute approximate surface area is 97.0 Å². The van der Waals surface area contributed by atoms with E-state index in [1.165, 1.54) is 6.07 Å². The molecule has 0 radical (unpaired) electrons. The smallest absolute Gasteiger partial charge is 0.423 e. The number of hydrogen-bond acceptors (Lipinski definition) is 3. The minimum Gasteiger partial charge on any atom is -0.461 e. The van der Waals surface area contributed by atoms with Crippen LogP contribution in [0.15, 0.2) is 16.5 Å². The van der Waals surface area contributed by atoms with Gasteiger partial charge in [-0.3, -0.25) is 0 Å².